The maximum atomic E-state index is 15.9. The van der Waals surface area contributed by atoms with Crippen molar-refractivity contribution in [3.05, 3.63) is 171 Å². The van der Waals surface area contributed by atoms with Crippen LogP contribution in [0.25, 0.3) is 0 Å². The third kappa shape index (κ3) is 15.0. The lowest BCUT2D eigenvalue weighted by Gasteiger charge is -2.45. The van der Waals surface area contributed by atoms with E-state index in [1.165, 1.54) is 71.3 Å². The van der Waals surface area contributed by atoms with Gasteiger partial charge in [-0.3, -0.25) is 0 Å². The van der Waals surface area contributed by atoms with Crippen LogP contribution in [0.2, 0.25) is 0 Å². The molecule has 0 atom stereocenters. The Kier molecular flexibility index (Phi) is 24.0. The van der Waals surface area contributed by atoms with E-state index in [2.05, 4.69) is 62.4 Å². The number of halogens is 29. The van der Waals surface area contributed by atoms with Gasteiger partial charge in [-0.05, 0) is 37.1 Å². The third-order valence-electron chi connectivity index (χ3n) is 13.4. The molecule has 0 saturated heterocycles. The number of rotatable bonds is 22. The molecule has 0 unspecified atom stereocenters. The molecule has 0 amide bonds. The minimum absolute atomic E-state index is 0.334. The van der Waals surface area contributed by atoms with Crippen molar-refractivity contribution in [2.24, 2.45) is 0 Å². The minimum Gasteiger partial charge on any atom is -0.489 e. The van der Waals surface area contributed by atoms with Gasteiger partial charge in [-0.15, -0.1) is 21.9 Å². The number of benzene rings is 6. The molecular weight excluding hydrogens is 1370 g/mol. The molecule has 0 aliphatic rings. The molecule has 484 valence electrons. The third-order valence-corrected chi connectivity index (χ3v) is 16.4. The molecule has 88 heavy (non-hydrogen) atoms. The second kappa shape index (κ2) is 29.1. The Morgan fingerprint density at radius 1 is 0.295 bits per heavy atom. The molecule has 0 spiro atoms. The van der Waals surface area contributed by atoms with Crippen molar-refractivity contribution in [3.8, 4) is 11.5 Å². The van der Waals surface area contributed by atoms with E-state index in [-0.39, 0.29) is 21.2 Å². The Hall–Kier alpha value is -6.25. The molecular formula is C56H42BF28IO2. The summed E-state index contributed by atoms with van der Waals surface area (Å²) < 4.78 is 424. The van der Waals surface area contributed by atoms with Gasteiger partial charge in [0.1, 0.15) is 74.9 Å². The minimum atomic E-state index is -8.18. The average Bonchev–Trinajstić information content (AvgIpc) is 0.683. The smallest absolute Gasteiger partial charge is 0.422 e. The average molecular weight is 1420 g/mol. The Morgan fingerprint density at radius 2 is 0.500 bits per heavy atom. The van der Waals surface area contributed by atoms with E-state index in [1.54, 1.807) is 0 Å². The highest BCUT2D eigenvalue weighted by Gasteiger charge is 2.56. The summed E-state index contributed by atoms with van der Waals surface area (Å²) in [4.78, 5) is 0. The Morgan fingerprint density at radius 3 is 0.716 bits per heavy atom. The maximum Gasteiger partial charge on any atom is 0.422 e. The molecule has 2 nitrogen and oxygen atoms in total. The zero-order valence-corrected chi connectivity index (χ0v) is 47.0. The van der Waals surface area contributed by atoms with Crippen LogP contribution < -0.4 is 52.5 Å². The van der Waals surface area contributed by atoms with E-state index >= 15 is 70.2 Å². The van der Waals surface area contributed by atoms with Gasteiger partial charge in [0.15, 0.2) is 58.0 Å². The Labute approximate surface area is 491 Å². The van der Waals surface area contributed by atoms with Gasteiger partial charge >= 0.3 is 45.9 Å². The van der Waals surface area contributed by atoms with Crippen LogP contribution in [0.1, 0.15) is 113 Å². The molecule has 0 N–H and O–H groups in total. The van der Waals surface area contributed by atoms with E-state index < -0.39 is 168 Å². The maximum absolute atomic E-state index is 15.9. The summed E-state index contributed by atoms with van der Waals surface area (Å²) in [6.07, 6.45) is -20.2. The topological polar surface area (TPSA) is 18.5 Å². The SMILES string of the molecule is CCCCCCCCOc1ccccc1[I+]c1ccccc1OCCCCCCCC.Fc1c(F)c(C(F)(F)F)c(F)c(F)c1[B-](c1c(F)c(F)c(C(F)(F)F)c(F)c1F)(c1c(F)c(F)c(C(F)(F)F)c(F)c1F)c1c(F)c(F)c(C(F)(F)F)c(F)c1F. The molecule has 6 aromatic carbocycles. The standard InChI is InChI=1S/C28BF28.C28H42IO2/c30-9-1(25(46,47)48)10(31)18(39)5(17(9)38)29(6-19(40)11(32)2(26(49,50)51)12(33)20(6)41,7-21(42)13(34)3(27(52,53)54)14(35)22(7)43)8-23(44)15(36)4(28(55,56)57)16(37)24(8)45;1-3-5-7-9-11-17-23-30-27-21-15-13-19-25(27)29-26-20-14-16-22-28(26)31-24-18-12-10-8-6-4-2/h;13-16,19-22H,3-12,17-18,23-24H2,1-2H3/q-1;+1. The highest BCUT2D eigenvalue weighted by Crippen LogP contribution is 2.42. The van der Waals surface area contributed by atoms with Crippen molar-refractivity contribution < 1.29 is 154 Å². The molecule has 0 aliphatic heterocycles. The fourth-order valence-electron chi connectivity index (χ4n) is 9.50. The van der Waals surface area contributed by atoms with Crippen LogP contribution in [-0.4, -0.2) is 19.4 Å². The normalized spacial score (nSPS) is 12.4. The molecule has 6 rings (SSSR count). The van der Waals surface area contributed by atoms with Crippen molar-refractivity contribution in [1.29, 1.82) is 0 Å². The van der Waals surface area contributed by atoms with Gasteiger partial charge in [0.25, 0.3) is 0 Å². The first kappa shape index (κ1) is 72.5. The van der Waals surface area contributed by atoms with E-state index in [9.17, 15) is 52.7 Å². The van der Waals surface area contributed by atoms with E-state index in [1.807, 2.05) is 0 Å². The monoisotopic (exact) mass is 1420 g/mol. The van der Waals surface area contributed by atoms with Crippen molar-refractivity contribution >= 4 is 28.0 Å². The first-order valence-corrected chi connectivity index (χ1v) is 28.0. The first-order chi connectivity index (χ1) is 40.9. The molecule has 0 aliphatic carbocycles. The molecule has 0 saturated carbocycles. The summed E-state index contributed by atoms with van der Waals surface area (Å²) in [5.41, 5.74) is -33.4. The summed E-state index contributed by atoms with van der Waals surface area (Å²) in [5.74, 6) is -67.8. The summed E-state index contributed by atoms with van der Waals surface area (Å²) in [6.45, 7) is 6.17. The summed E-state index contributed by atoms with van der Waals surface area (Å²) in [7, 11) is 0. The molecule has 0 radical (unpaired) electrons. The fourth-order valence-corrected chi connectivity index (χ4v) is 12.1. The molecule has 32 heteroatoms. The Balaban J connectivity index is 0.000000383. The van der Waals surface area contributed by atoms with Crippen LogP contribution >= 0.6 is 0 Å². The summed E-state index contributed by atoms with van der Waals surface area (Å²) in [6, 6.07) is 17.2. The predicted molar refractivity (Wildman–Crippen MR) is 257 cm³/mol. The number of unbranched alkanes of at least 4 members (excludes halogenated alkanes) is 10. The van der Waals surface area contributed by atoms with E-state index in [4.69, 9.17) is 9.47 Å². The summed E-state index contributed by atoms with van der Waals surface area (Å²) in [5, 5.41) is 0. The van der Waals surface area contributed by atoms with Crippen LogP contribution in [0.15, 0.2) is 48.5 Å². The van der Waals surface area contributed by atoms with Gasteiger partial charge < -0.3 is 9.47 Å². The van der Waals surface area contributed by atoms with Crippen LogP contribution in [0.5, 0.6) is 11.5 Å². The molecule has 6 aromatic rings. The van der Waals surface area contributed by atoms with Gasteiger partial charge in [0.2, 0.25) is 7.14 Å². The molecule has 0 heterocycles. The number of hydrogen-bond acceptors (Lipinski definition) is 2. The van der Waals surface area contributed by atoms with Gasteiger partial charge in [0, 0.05) is 0 Å². The van der Waals surface area contributed by atoms with Crippen LogP contribution in [0.3, 0.4) is 0 Å². The highest BCUT2D eigenvalue weighted by molar-refractivity contribution is 7.20. The largest absolute Gasteiger partial charge is 0.489 e. The lowest BCUT2D eigenvalue weighted by Crippen LogP contribution is -3.61. The van der Waals surface area contributed by atoms with Gasteiger partial charge in [-0.25, -0.2) is 70.2 Å². The van der Waals surface area contributed by atoms with Crippen molar-refractivity contribution in [1.82, 2.24) is 0 Å². The zero-order valence-electron chi connectivity index (χ0n) is 44.9. The number of para-hydroxylation sites is 2. The summed E-state index contributed by atoms with van der Waals surface area (Å²) >= 11 is -0.334. The molecule has 0 aromatic heterocycles. The first-order valence-electron chi connectivity index (χ1n) is 25.9. The van der Waals surface area contributed by atoms with E-state index in [0.717, 1.165) is 37.6 Å². The van der Waals surface area contributed by atoms with Crippen molar-refractivity contribution in [2.75, 3.05) is 13.2 Å². The second-order valence-electron chi connectivity index (χ2n) is 19.2. The van der Waals surface area contributed by atoms with E-state index in [0.29, 0.717) is 0 Å². The Bertz CT molecular complexity index is 2960. The highest BCUT2D eigenvalue weighted by atomic mass is 127. The second-order valence-corrected chi connectivity index (χ2v) is 22.1. The molecule has 0 bridgehead atoms. The lowest BCUT2D eigenvalue weighted by atomic mass is 9.12. The number of hydrogen-bond donors (Lipinski definition) is 0. The van der Waals surface area contributed by atoms with Gasteiger partial charge in [-0.1, -0.05) is 102 Å². The fraction of sp³-hybridized carbons (Fsp3) is 0.357. The lowest BCUT2D eigenvalue weighted by molar-refractivity contribution is -0.599. The number of alkyl halides is 12. The van der Waals surface area contributed by atoms with Crippen molar-refractivity contribution in [2.45, 2.75) is 116 Å². The number of ether oxygens (including phenoxy) is 2. The van der Waals surface area contributed by atoms with Crippen LogP contribution in [0.4, 0.5) is 123 Å². The van der Waals surface area contributed by atoms with Gasteiger partial charge in [0.05, 0.1) is 13.2 Å². The van der Waals surface area contributed by atoms with Gasteiger partial charge in [-0.2, -0.15) is 52.7 Å². The van der Waals surface area contributed by atoms with Crippen LogP contribution in [-0.2, 0) is 24.7 Å². The van der Waals surface area contributed by atoms with Crippen LogP contribution in [0, 0.1) is 100 Å². The zero-order chi connectivity index (χ0) is 66.3. The quantitative estimate of drug-likeness (QED) is 0.0222. The predicted octanol–water partition coefficient (Wildman–Crippen LogP) is 14.7. The van der Waals surface area contributed by atoms with Crippen molar-refractivity contribution in [3.63, 3.8) is 0 Å². The molecule has 0 fully saturated rings.